The number of aromatic nitrogens is 3. The highest BCUT2D eigenvalue weighted by molar-refractivity contribution is 6.31. The summed E-state index contributed by atoms with van der Waals surface area (Å²) in [5.74, 6) is 1.07. The van der Waals surface area contributed by atoms with Gasteiger partial charge in [-0.1, -0.05) is 31.5 Å². The second-order valence-electron chi connectivity index (χ2n) is 9.60. The van der Waals surface area contributed by atoms with Crippen molar-refractivity contribution in [2.45, 2.75) is 45.1 Å². The van der Waals surface area contributed by atoms with Gasteiger partial charge in [0.25, 0.3) is 5.95 Å². The number of halogens is 4. The Hall–Kier alpha value is -3.68. The van der Waals surface area contributed by atoms with Gasteiger partial charge in [-0.15, -0.1) is 0 Å². The van der Waals surface area contributed by atoms with Crippen LogP contribution >= 0.6 is 11.6 Å². The number of fused-ring (bicyclic) bond motifs is 5. The third-order valence-corrected chi connectivity index (χ3v) is 6.60. The molecule has 1 aromatic heterocycles. The van der Waals surface area contributed by atoms with Gasteiger partial charge < -0.3 is 15.4 Å². The van der Waals surface area contributed by atoms with E-state index in [0.29, 0.717) is 36.2 Å². The van der Waals surface area contributed by atoms with Gasteiger partial charge in [-0.25, -0.2) is 9.78 Å². The lowest BCUT2D eigenvalue weighted by Crippen LogP contribution is -2.54. The van der Waals surface area contributed by atoms with E-state index in [9.17, 15) is 18.0 Å². The SMILES string of the molecule is CC1CN2CC(O1)c1ncnc(n1)N2Nc1cc(NC(=O)Nc2ccc(Cl)c(C(F)(F)F)c2)ccc1C(C)C. The van der Waals surface area contributed by atoms with Gasteiger partial charge in [-0.05, 0) is 48.7 Å². The molecule has 10 nitrogen and oxygen atoms in total. The van der Waals surface area contributed by atoms with Crippen molar-refractivity contribution >= 4 is 40.6 Å². The van der Waals surface area contributed by atoms with Crippen LogP contribution in [0.5, 0.6) is 0 Å². The van der Waals surface area contributed by atoms with Crippen molar-refractivity contribution in [2.24, 2.45) is 0 Å². The summed E-state index contributed by atoms with van der Waals surface area (Å²) < 4.78 is 45.6. The van der Waals surface area contributed by atoms with E-state index in [1.807, 2.05) is 31.8 Å². The van der Waals surface area contributed by atoms with Crippen LogP contribution in [0.15, 0.2) is 42.7 Å². The van der Waals surface area contributed by atoms with Crippen molar-refractivity contribution in [1.82, 2.24) is 20.0 Å². The number of ether oxygens (including phenoxy) is 1. The highest BCUT2D eigenvalue weighted by Gasteiger charge is 2.37. The molecule has 1 fully saturated rings. The Labute approximate surface area is 227 Å². The first kappa shape index (κ1) is 26.9. The van der Waals surface area contributed by atoms with Gasteiger partial charge in [0.1, 0.15) is 12.4 Å². The third-order valence-electron chi connectivity index (χ3n) is 6.27. The fourth-order valence-corrected chi connectivity index (χ4v) is 4.73. The van der Waals surface area contributed by atoms with E-state index in [2.05, 4.69) is 31.0 Å². The first-order valence-corrected chi connectivity index (χ1v) is 12.6. The summed E-state index contributed by atoms with van der Waals surface area (Å²) in [4.78, 5) is 25.8. The number of amides is 2. The van der Waals surface area contributed by atoms with Crippen LogP contribution in [0.1, 0.15) is 49.7 Å². The van der Waals surface area contributed by atoms with Gasteiger partial charge in [-0.2, -0.15) is 33.3 Å². The number of urea groups is 1. The standard InChI is InChI=1S/C25H26ClF3N8O2/c1-13(2)17-6-4-16(33-24(38)32-15-5-7-19(26)18(8-15)25(27,28)29)9-20(17)35-37-23-31-12-30-22(34-23)21-11-36(37)10-14(3)39-21/h4-9,12-14,21,35H,10-11H2,1-3H3,(H2,32,33,38). The summed E-state index contributed by atoms with van der Waals surface area (Å²) in [5.41, 5.74) is 4.38. The zero-order valence-corrected chi connectivity index (χ0v) is 22.0. The number of morpholine rings is 1. The van der Waals surface area contributed by atoms with Crippen LogP contribution in [0.2, 0.25) is 5.02 Å². The lowest BCUT2D eigenvalue weighted by molar-refractivity contribution is -0.137. The number of carbonyl (C=O) groups is 1. The number of nitrogens with zero attached hydrogens (tertiary/aromatic N) is 5. The van der Waals surface area contributed by atoms with E-state index in [-0.39, 0.29) is 23.8 Å². The topological polar surface area (TPSA) is 108 Å². The molecule has 0 spiro atoms. The molecular weight excluding hydrogens is 537 g/mol. The Morgan fingerprint density at radius 3 is 2.54 bits per heavy atom. The van der Waals surface area contributed by atoms with E-state index < -0.39 is 22.8 Å². The van der Waals surface area contributed by atoms with Crippen LogP contribution in [0, 0.1) is 0 Å². The summed E-state index contributed by atoms with van der Waals surface area (Å²) in [6.45, 7) is 7.15. The molecule has 0 aliphatic carbocycles. The number of hydrogen-bond acceptors (Lipinski definition) is 8. The fourth-order valence-electron chi connectivity index (χ4n) is 4.50. The maximum atomic E-state index is 13.2. The zero-order chi connectivity index (χ0) is 27.9. The highest BCUT2D eigenvalue weighted by atomic mass is 35.5. The number of anilines is 4. The van der Waals surface area contributed by atoms with Gasteiger partial charge in [0.15, 0.2) is 5.82 Å². The van der Waals surface area contributed by atoms with Gasteiger partial charge >= 0.3 is 12.2 Å². The number of nitrogens with one attached hydrogen (secondary N) is 3. The molecule has 5 rings (SSSR count). The Morgan fingerprint density at radius 1 is 1.10 bits per heavy atom. The summed E-state index contributed by atoms with van der Waals surface area (Å²) in [5, 5.41) is 8.44. The molecule has 14 heteroatoms. The van der Waals surface area contributed by atoms with Crippen LogP contribution in [0.3, 0.4) is 0 Å². The lowest BCUT2D eigenvalue weighted by atomic mass is 10.0. The quantitative estimate of drug-likeness (QED) is 0.356. The predicted molar refractivity (Wildman–Crippen MR) is 140 cm³/mol. The van der Waals surface area contributed by atoms with Crippen molar-refractivity contribution in [2.75, 3.05) is 34.3 Å². The number of hydrazine groups is 2. The molecule has 2 amide bonds. The number of hydrogen-bond donors (Lipinski definition) is 3. The van der Waals surface area contributed by atoms with Crippen LogP contribution in [-0.2, 0) is 10.9 Å². The van der Waals surface area contributed by atoms with Crippen molar-refractivity contribution in [3.8, 4) is 0 Å². The first-order valence-electron chi connectivity index (χ1n) is 12.2. The third kappa shape index (κ3) is 5.84. The first-order chi connectivity index (χ1) is 18.5. The van der Waals surface area contributed by atoms with E-state index in [4.69, 9.17) is 16.3 Å². The van der Waals surface area contributed by atoms with Crippen molar-refractivity contribution < 1.29 is 22.7 Å². The number of rotatable bonds is 5. The predicted octanol–water partition coefficient (Wildman–Crippen LogP) is 5.84. The summed E-state index contributed by atoms with van der Waals surface area (Å²) >= 11 is 5.67. The molecule has 3 N–H and O–H groups in total. The minimum atomic E-state index is -4.65. The summed E-state index contributed by atoms with van der Waals surface area (Å²) in [7, 11) is 0. The maximum absolute atomic E-state index is 13.2. The summed E-state index contributed by atoms with van der Waals surface area (Å²) in [6.07, 6.45) is -3.58. The monoisotopic (exact) mass is 562 g/mol. The second kappa shape index (κ2) is 10.5. The lowest BCUT2D eigenvalue weighted by Gasteiger charge is -2.40. The Morgan fingerprint density at radius 2 is 1.82 bits per heavy atom. The smallest absolute Gasteiger partial charge is 0.364 e. The second-order valence-corrected chi connectivity index (χ2v) is 10.0. The number of benzene rings is 2. The number of alkyl halides is 3. The molecule has 1 saturated heterocycles. The zero-order valence-electron chi connectivity index (χ0n) is 21.3. The molecule has 0 saturated carbocycles. The van der Waals surface area contributed by atoms with Crippen LogP contribution < -0.4 is 21.2 Å². The molecule has 3 heterocycles. The van der Waals surface area contributed by atoms with Crippen LogP contribution in [-0.4, -0.2) is 45.2 Å². The van der Waals surface area contributed by atoms with Crippen molar-refractivity contribution in [3.05, 3.63) is 64.7 Å². The molecule has 2 aliphatic rings. The summed E-state index contributed by atoms with van der Waals surface area (Å²) in [6, 6.07) is 7.79. The van der Waals surface area contributed by atoms with Gasteiger partial charge in [-0.3, -0.25) is 5.43 Å². The number of carbonyl (C=O) groups excluding carboxylic acids is 1. The molecule has 3 atom stereocenters. The molecule has 39 heavy (non-hydrogen) atoms. The molecule has 3 aromatic rings. The van der Waals surface area contributed by atoms with E-state index >= 15 is 0 Å². The normalized spacial score (nSPS) is 20.4. The van der Waals surface area contributed by atoms with Crippen molar-refractivity contribution in [1.29, 1.82) is 0 Å². The highest BCUT2D eigenvalue weighted by Crippen LogP contribution is 2.36. The Bertz CT molecular complexity index is 1390. The van der Waals surface area contributed by atoms with E-state index in [1.165, 1.54) is 12.4 Å². The Balaban J connectivity index is 1.38. The minimum absolute atomic E-state index is 0.0485. The maximum Gasteiger partial charge on any atom is 0.417 e. The largest absolute Gasteiger partial charge is 0.417 e. The van der Waals surface area contributed by atoms with E-state index in [1.54, 1.807) is 17.3 Å². The van der Waals surface area contributed by atoms with E-state index in [0.717, 1.165) is 17.7 Å². The minimum Gasteiger partial charge on any atom is -0.364 e. The van der Waals surface area contributed by atoms with Gasteiger partial charge in [0.2, 0.25) is 0 Å². The molecule has 0 radical (unpaired) electrons. The molecule has 206 valence electrons. The molecule has 3 unspecified atom stereocenters. The molecular formula is C25H26ClF3N8O2. The van der Waals surface area contributed by atoms with Crippen LogP contribution in [0.4, 0.5) is 41.0 Å². The Kier molecular flexibility index (Phi) is 7.23. The van der Waals surface area contributed by atoms with Crippen LogP contribution in [0.25, 0.3) is 0 Å². The average Bonchev–Trinajstić information content (AvgIpc) is 2.93. The molecule has 2 aliphatic heterocycles. The van der Waals surface area contributed by atoms with Crippen molar-refractivity contribution in [3.63, 3.8) is 0 Å². The molecule has 4 bridgehead atoms. The fraction of sp³-hybridized carbons (Fsp3) is 0.360. The molecule has 2 aromatic carbocycles. The van der Waals surface area contributed by atoms with Gasteiger partial charge in [0.05, 0.1) is 28.9 Å². The average molecular weight is 563 g/mol. The van der Waals surface area contributed by atoms with Gasteiger partial charge in [0, 0.05) is 17.9 Å².